The maximum Gasteiger partial charge on any atom is 0.335 e. The van der Waals surface area contributed by atoms with Gasteiger partial charge in [-0.05, 0) is 48.4 Å². The number of barbiturate groups is 1. The number of anilines is 1. The molecule has 2 aromatic rings. The molecule has 7 nitrogen and oxygen atoms in total. The van der Waals surface area contributed by atoms with E-state index in [0.29, 0.717) is 28.7 Å². The predicted molar refractivity (Wildman–Crippen MR) is 123 cm³/mol. The van der Waals surface area contributed by atoms with Gasteiger partial charge in [0.25, 0.3) is 11.8 Å². The minimum absolute atomic E-state index is 0.181. The number of ether oxygens (including phenoxy) is 2. The standard InChI is InChI=1S/C24H25ClN2O5/c1-3-4-5-6-12-32-20-11-10-16(14-21(20)31-2)13-19-22(28)26-24(30)27(23(19)29)18-9-7-8-17(25)15-18/h7-11,13-15H,3-6,12H2,1-2H3,(H,26,28,30)/b19-13+. The van der Waals surface area contributed by atoms with Gasteiger partial charge in [0, 0.05) is 5.02 Å². The van der Waals surface area contributed by atoms with Crippen molar-refractivity contribution in [2.75, 3.05) is 18.6 Å². The zero-order valence-corrected chi connectivity index (χ0v) is 18.8. The van der Waals surface area contributed by atoms with Crippen molar-refractivity contribution in [1.29, 1.82) is 0 Å². The molecular weight excluding hydrogens is 432 g/mol. The first-order valence-electron chi connectivity index (χ1n) is 10.4. The second-order valence-electron chi connectivity index (χ2n) is 7.26. The van der Waals surface area contributed by atoms with Gasteiger partial charge in [0.2, 0.25) is 0 Å². The molecule has 0 radical (unpaired) electrons. The van der Waals surface area contributed by atoms with Crippen LogP contribution in [0.5, 0.6) is 11.5 Å². The molecule has 1 fully saturated rings. The maximum atomic E-state index is 13.0. The number of carbonyl (C=O) groups is 3. The van der Waals surface area contributed by atoms with Gasteiger partial charge in [-0.25, -0.2) is 9.69 Å². The van der Waals surface area contributed by atoms with E-state index in [1.165, 1.54) is 19.3 Å². The van der Waals surface area contributed by atoms with Gasteiger partial charge in [0.15, 0.2) is 11.5 Å². The van der Waals surface area contributed by atoms with Crippen LogP contribution in [0.25, 0.3) is 6.08 Å². The van der Waals surface area contributed by atoms with E-state index in [4.69, 9.17) is 21.1 Å². The molecule has 0 bridgehead atoms. The first-order valence-corrected chi connectivity index (χ1v) is 10.8. The third-order valence-electron chi connectivity index (χ3n) is 4.92. The fourth-order valence-electron chi connectivity index (χ4n) is 3.28. The molecule has 0 spiro atoms. The topological polar surface area (TPSA) is 84.9 Å². The van der Waals surface area contributed by atoms with Gasteiger partial charge in [-0.2, -0.15) is 0 Å². The van der Waals surface area contributed by atoms with Crippen LogP contribution in [0.3, 0.4) is 0 Å². The van der Waals surface area contributed by atoms with Crippen LogP contribution >= 0.6 is 11.6 Å². The number of imide groups is 2. The Balaban J connectivity index is 1.83. The van der Waals surface area contributed by atoms with Crippen LogP contribution in [0.2, 0.25) is 5.02 Å². The van der Waals surface area contributed by atoms with Crippen molar-refractivity contribution in [1.82, 2.24) is 5.32 Å². The summed E-state index contributed by atoms with van der Waals surface area (Å²) in [5, 5.41) is 2.55. The molecule has 8 heteroatoms. The summed E-state index contributed by atoms with van der Waals surface area (Å²) in [5.41, 5.74) is 0.641. The molecule has 0 saturated carbocycles. The van der Waals surface area contributed by atoms with Gasteiger partial charge in [-0.3, -0.25) is 14.9 Å². The third kappa shape index (κ3) is 5.48. The number of methoxy groups -OCH3 is 1. The molecule has 32 heavy (non-hydrogen) atoms. The number of amides is 4. The third-order valence-corrected chi connectivity index (χ3v) is 5.16. The van der Waals surface area contributed by atoms with Crippen molar-refractivity contribution < 1.29 is 23.9 Å². The van der Waals surface area contributed by atoms with E-state index < -0.39 is 17.8 Å². The van der Waals surface area contributed by atoms with Crippen LogP contribution in [-0.2, 0) is 9.59 Å². The number of urea groups is 1. The summed E-state index contributed by atoms with van der Waals surface area (Å²) >= 11 is 5.99. The first-order chi connectivity index (χ1) is 15.4. The van der Waals surface area contributed by atoms with Crippen molar-refractivity contribution in [2.45, 2.75) is 32.6 Å². The minimum Gasteiger partial charge on any atom is -0.493 e. The number of rotatable bonds is 9. The Bertz CT molecular complexity index is 1050. The van der Waals surface area contributed by atoms with Gasteiger partial charge in [-0.1, -0.05) is 49.9 Å². The lowest BCUT2D eigenvalue weighted by Crippen LogP contribution is -2.54. The van der Waals surface area contributed by atoms with Crippen LogP contribution < -0.4 is 19.7 Å². The summed E-state index contributed by atoms with van der Waals surface area (Å²) < 4.78 is 11.2. The van der Waals surface area contributed by atoms with E-state index in [0.717, 1.165) is 30.6 Å². The summed E-state index contributed by atoms with van der Waals surface area (Å²) in [5.74, 6) is -0.438. The molecule has 2 aromatic carbocycles. The average molecular weight is 457 g/mol. The van der Waals surface area contributed by atoms with E-state index in [1.807, 2.05) is 0 Å². The van der Waals surface area contributed by atoms with Gasteiger partial charge in [0.1, 0.15) is 5.57 Å². The summed E-state index contributed by atoms with van der Waals surface area (Å²) in [4.78, 5) is 38.6. The monoisotopic (exact) mass is 456 g/mol. The summed E-state index contributed by atoms with van der Waals surface area (Å²) in [6.45, 7) is 2.73. The highest BCUT2D eigenvalue weighted by molar-refractivity contribution is 6.39. The van der Waals surface area contributed by atoms with Crippen molar-refractivity contribution in [2.24, 2.45) is 0 Å². The number of benzene rings is 2. The second-order valence-corrected chi connectivity index (χ2v) is 7.69. The SMILES string of the molecule is CCCCCCOc1ccc(/C=C2\C(=O)NC(=O)N(c3cccc(Cl)c3)C2=O)cc1OC. The van der Waals surface area contributed by atoms with Crippen molar-refractivity contribution in [3.05, 3.63) is 58.6 Å². The number of nitrogens with one attached hydrogen (secondary N) is 1. The van der Waals surface area contributed by atoms with Crippen LogP contribution in [0.1, 0.15) is 38.2 Å². The lowest BCUT2D eigenvalue weighted by molar-refractivity contribution is -0.122. The summed E-state index contributed by atoms with van der Waals surface area (Å²) in [6.07, 6.45) is 5.78. The zero-order chi connectivity index (χ0) is 23.1. The molecule has 1 aliphatic rings. The quantitative estimate of drug-likeness (QED) is 0.327. The van der Waals surface area contributed by atoms with E-state index in [9.17, 15) is 14.4 Å². The van der Waals surface area contributed by atoms with Gasteiger partial charge < -0.3 is 9.47 Å². The lowest BCUT2D eigenvalue weighted by Gasteiger charge is -2.26. The zero-order valence-electron chi connectivity index (χ0n) is 18.0. The van der Waals surface area contributed by atoms with Gasteiger partial charge >= 0.3 is 6.03 Å². The number of carbonyl (C=O) groups excluding carboxylic acids is 3. The van der Waals surface area contributed by atoms with Crippen LogP contribution in [0.4, 0.5) is 10.5 Å². The summed E-state index contributed by atoms with van der Waals surface area (Å²) in [6, 6.07) is 10.6. The van der Waals surface area contributed by atoms with E-state index in [2.05, 4.69) is 12.2 Å². The minimum atomic E-state index is -0.830. The van der Waals surface area contributed by atoms with Crippen molar-refractivity contribution >= 4 is 41.2 Å². The molecule has 168 valence electrons. The highest BCUT2D eigenvalue weighted by Crippen LogP contribution is 2.30. The average Bonchev–Trinajstić information content (AvgIpc) is 2.77. The molecule has 0 aliphatic carbocycles. The molecule has 1 saturated heterocycles. The Morgan fingerprint density at radius 2 is 1.84 bits per heavy atom. The fourth-order valence-corrected chi connectivity index (χ4v) is 3.46. The lowest BCUT2D eigenvalue weighted by atomic mass is 10.1. The van der Waals surface area contributed by atoms with Crippen molar-refractivity contribution in [3.8, 4) is 11.5 Å². The molecule has 1 aliphatic heterocycles. The number of halogens is 1. The van der Waals surface area contributed by atoms with Gasteiger partial charge in [0.05, 0.1) is 19.4 Å². The van der Waals surface area contributed by atoms with Crippen molar-refractivity contribution in [3.63, 3.8) is 0 Å². The number of hydrogen-bond acceptors (Lipinski definition) is 5. The smallest absolute Gasteiger partial charge is 0.335 e. The summed E-state index contributed by atoms with van der Waals surface area (Å²) in [7, 11) is 1.52. The predicted octanol–water partition coefficient (Wildman–Crippen LogP) is 4.97. The molecule has 0 aromatic heterocycles. The molecular formula is C24H25ClN2O5. The number of hydrogen-bond donors (Lipinski definition) is 1. The van der Waals surface area contributed by atoms with Crippen LogP contribution in [0, 0.1) is 0 Å². The fraction of sp³-hybridized carbons (Fsp3) is 0.292. The van der Waals surface area contributed by atoms with E-state index in [1.54, 1.807) is 36.4 Å². The molecule has 1 N–H and O–H groups in total. The number of unbranched alkanes of at least 4 members (excludes halogenated alkanes) is 3. The van der Waals surface area contributed by atoms with Gasteiger partial charge in [-0.15, -0.1) is 0 Å². The largest absolute Gasteiger partial charge is 0.493 e. The molecule has 3 rings (SSSR count). The molecule has 0 unspecified atom stereocenters. The molecule has 1 heterocycles. The van der Waals surface area contributed by atoms with E-state index >= 15 is 0 Å². The Kier molecular flexibility index (Phi) is 7.89. The Hall–Kier alpha value is -3.32. The molecule has 0 atom stereocenters. The highest BCUT2D eigenvalue weighted by Gasteiger charge is 2.36. The maximum absolute atomic E-state index is 13.0. The second kappa shape index (κ2) is 10.8. The van der Waals surface area contributed by atoms with Crippen LogP contribution in [-0.4, -0.2) is 31.6 Å². The Morgan fingerprint density at radius 1 is 1.03 bits per heavy atom. The number of nitrogens with zero attached hydrogens (tertiary/aromatic N) is 1. The van der Waals surface area contributed by atoms with Crippen LogP contribution in [0.15, 0.2) is 48.0 Å². The highest BCUT2D eigenvalue weighted by atomic mass is 35.5. The Labute approximate surface area is 191 Å². The van der Waals surface area contributed by atoms with E-state index in [-0.39, 0.29) is 11.3 Å². The first kappa shape index (κ1) is 23.3. The Morgan fingerprint density at radius 3 is 2.56 bits per heavy atom. The normalized spacial score (nSPS) is 15.2. The molecule has 4 amide bonds.